The summed E-state index contributed by atoms with van der Waals surface area (Å²) in [4.78, 5) is 13.9. The van der Waals surface area contributed by atoms with Crippen molar-refractivity contribution in [2.45, 2.75) is 44.8 Å². The molecule has 1 aromatic rings. The highest BCUT2D eigenvalue weighted by molar-refractivity contribution is 5.95. The third kappa shape index (κ3) is 3.15. The van der Waals surface area contributed by atoms with Crippen LogP contribution >= 0.6 is 0 Å². The molecule has 1 aromatic carbocycles. The number of hydrogen-bond donors (Lipinski definition) is 1. The van der Waals surface area contributed by atoms with Crippen LogP contribution in [-0.2, 0) is 0 Å². The summed E-state index contributed by atoms with van der Waals surface area (Å²) in [5.41, 5.74) is -0.495. The van der Waals surface area contributed by atoms with Crippen molar-refractivity contribution in [3.05, 3.63) is 35.4 Å². The largest absolute Gasteiger partial charge is 0.393 e. The fraction of sp³-hybridized carbons (Fsp3) is 0.533. The molecule has 1 saturated heterocycles. The van der Waals surface area contributed by atoms with E-state index in [0.717, 1.165) is 31.4 Å². The van der Waals surface area contributed by atoms with Gasteiger partial charge in [0.1, 0.15) is 17.2 Å². The molecule has 0 bridgehead atoms. The molecule has 20 heavy (non-hydrogen) atoms. The molecule has 1 heterocycles. The topological polar surface area (TPSA) is 40.5 Å². The van der Waals surface area contributed by atoms with E-state index in [9.17, 15) is 18.7 Å². The molecule has 0 saturated carbocycles. The molecular formula is C15H19F2NO2. The van der Waals surface area contributed by atoms with Crippen LogP contribution in [0.1, 0.15) is 43.0 Å². The number of likely N-dealkylation sites (tertiary alicyclic amines) is 1. The van der Waals surface area contributed by atoms with E-state index in [4.69, 9.17) is 0 Å². The van der Waals surface area contributed by atoms with Crippen molar-refractivity contribution in [1.29, 1.82) is 0 Å². The van der Waals surface area contributed by atoms with Gasteiger partial charge in [-0.25, -0.2) is 8.78 Å². The molecule has 2 unspecified atom stereocenters. The molecule has 3 nitrogen and oxygen atoms in total. The van der Waals surface area contributed by atoms with Gasteiger partial charge in [-0.1, -0.05) is 6.07 Å². The van der Waals surface area contributed by atoms with Crippen LogP contribution in [-0.4, -0.2) is 34.6 Å². The first-order valence-corrected chi connectivity index (χ1v) is 6.93. The fourth-order valence-electron chi connectivity index (χ4n) is 2.75. The van der Waals surface area contributed by atoms with Gasteiger partial charge in [0.15, 0.2) is 0 Å². The van der Waals surface area contributed by atoms with Gasteiger partial charge in [0.25, 0.3) is 5.91 Å². The first-order chi connectivity index (χ1) is 9.50. The number of nitrogens with zero attached hydrogens (tertiary/aromatic N) is 1. The normalized spacial score (nSPS) is 20.8. The second kappa shape index (κ2) is 6.31. The molecule has 0 radical (unpaired) electrons. The highest BCUT2D eigenvalue weighted by Crippen LogP contribution is 2.25. The highest BCUT2D eigenvalue weighted by Gasteiger charge is 2.31. The molecule has 2 rings (SSSR count). The third-order valence-electron chi connectivity index (χ3n) is 3.68. The average Bonchev–Trinajstić information content (AvgIpc) is 2.38. The Balaban J connectivity index is 2.25. The molecule has 5 heteroatoms. The number of rotatable bonds is 3. The zero-order chi connectivity index (χ0) is 14.7. The Labute approximate surface area is 117 Å². The van der Waals surface area contributed by atoms with E-state index < -0.39 is 29.2 Å². The van der Waals surface area contributed by atoms with Gasteiger partial charge >= 0.3 is 0 Å². The van der Waals surface area contributed by atoms with Crippen molar-refractivity contribution in [3.63, 3.8) is 0 Å². The number of benzene rings is 1. The van der Waals surface area contributed by atoms with E-state index in [1.54, 1.807) is 6.92 Å². The Morgan fingerprint density at radius 2 is 2.05 bits per heavy atom. The quantitative estimate of drug-likeness (QED) is 0.926. The summed E-state index contributed by atoms with van der Waals surface area (Å²) in [6, 6.07) is 3.26. The highest BCUT2D eigenvalue weighted by atomic mass is 19.1. The number of carbonyl (C=O) groups excluding carboxylic acids is 1. The summed E-state index contributed by atoms with van der Waals surface area (Å²) in [5, 5.41) is 9.50. The first kappa shape index (κ1) is 14.9. The molecular weight excluding hydrogens is 264 g/mol. The third-order valence-corrected chi connectivity index (χ3v) is 3.68. The minimum atomic E-state index is -0.837. The number of aliphatic hydroxyl groups is 1. The molecule has 2 atom stereocenters. The molecule has 1 N–H and O–H groups in total. The number of aliphatic hydroxyl groups excluding tert-OH is 1. The Morgan fingerprint density at radius 1 is 1.40 bits per heavy atom. The average molecular weight is 283 g/mol. The lowest BCUT2D eigenvalue weighted by Crippen LogP contribution is -2.45. The Kier molecular flexibility index (Phi) is 4.70. The molecule has 1 aliphatic heterocycles. The zero-order valence-electron chi connectivity index (χ0n) is 11.5. The van der Waals surface area contributed by atoms with Crippen molar-refractivity contribution in [2.24, 2.45) is 0 Å². The Hall–Kier alpha value is -1.49. The number of hydrogen-bond acceptors (Lipinski definition) is 2. The lowest BCUT2D eigenvalue weighted by molar-refractivity contribution is 0.0506. The monoisotopic (exact) mass is 283 g/mol. The molecule has 110 valence electrons. The molecule has 1 fully saturated rings. The standard InChI is InChI=1S/C15H19F2NO2/c1-10(19)9-11-5-2-3-8-18(11)15(20)14-12(16)6-4-7-13(14)17/h4,6-7,10-11,19H,2-3,5,8-9H2,1H3. The van der Waals surface area contributed by atoms with Crippen molar-refractivity contribution in [1.82, 2.24) is 4.90 Å². The second-order valence-electron chi connectivity index (χ2n) is 5.33. The van der Waals surface area contributed by atoms with E-state index in [-0.39, 0.29) is 6.04 Å². The summed E-state index contributed by atoms with van der Waals surface area (Å²) in [6.07, 6.45) is 2.42. The summed E-state index contributed by atoms with van der Waals surface area (Å²) < 4.78 is 27.4. The second-order valence-corrected chi connectivity index (χ2v) is 5.33. The maximum absolute atomic E-state index is 13.7. The van der Waals surface area contributed by atoms with E-state index in [1.807, 2.05) is 0 Å². The van der Waals surface area contributed by atoms with Crippen molar-refractivity contribution >= 4 is 5.91 Å². The van der Waals surface area contributed by atoms with Crippen molar-refractivity contribution in [3.8, 4) is 0 Å². The molecule has 0 spiro atoms. The summed E-state index contributed by atoms with van der Waals surface area (Å²) in [6.45, 7) is 2.13. The maximum atomic E-state index is 13.7. The van der Waals surface area contributed by atoms with Gasteiger partial charge in [-0.3, -0.25) is 4.79 Å². The van der Waals surface area contributed by atoms with Crippen LogP contribution in [0.3, 0.4) is 0 Å². The van der Waals surface area contributed by atoms with Crippen LogP contribution in [0.4, 0.5) is 8.78 Å². The van der Waals surface area contributed by atoms with Gasteiger partial charge in [-0.15, -0.1) is 0 Å². The van der Waals surface area contributed by atoms with Crippen LogP contribution in [0.25, 0.3) is 0 Å². The number of piperidine rings is 1. The first-order valence-electron chi connectivity index (χ1n) is 6.93. The predicted molar refractivity (Wildman–Crippen MR) is 71.3 cm³/mol. The van der Waals surface area contributed by atoms with Crippen LogP contribution in [0.15, 0.2) is 18.2 Å². The summed E-state index contributed by atoms with van der Waals surface area (Å²) >= 11 is 0. The maximum Gasteiger partial charge on any atom is 0.260 e. The van der Waals surface area contributed by atoms with E-state index in [0.29, 0.717) is 13.0 Å². The Morgan fingerprint density at radius 3 is 2.65 bits per heavy atom. The van der Waals surface area contributed by atoms with Gasteiger partial charge < -0.3 is 10.0 Å². The van der Waals surface area contributed by atoms with E-state index >= 15 is 0 Å². The van der Waals surface area contributed by atoms with E-state index in [2.05, 4.69) is 0 Å². The molecule has 0 aromatic heterocycles. The van der Waals surface area contributed by atoms with E-state index in [1.165, 1.54) is 11.0 Å². The molecule has 0 aliphatic carbocycles. The van der Waals surface area contributed by atoms with Crippen molar-refractivity contribution < 1.29 is 18.7 Å². The zero-order valence-corrected chi connectivity index (χ0v) is 11.5. The lowest BCUT2D eigenvalue weighted by atomic mass is 9.96. The van der Waals surface area contributed by atoms with Gasteiger partial charge in [0, 0.05) is 12.6 Å². The summed E-state index contributed by atoms with van der Waals surface area (Å²) in [5.74, 6) is -2.29. The summed E-state index contributed by atoms with van der Waals surface area (Å²) in [7, 11) is 0. The number of amides is 1. The smallest absolute Gasteiger partial charge is 0.260 e. The van der Waals surface area contributed by atoms with Gasteiger partial charge in [-0.2, -0.15) is 0 Å². The molecule has 1 aliphatic rings. The van der Waals surface area contributed by atoms with Gasteiger partial charge in [0.2, 0.25) is 0 Å². The van der Waals surface area contributed by atoms with Crippen LogP contribution in [0.2, 0.25) is 0 Å². The number of carbonyl (C=O) groups is 1. The molecule has 1 amide bonds. The van der Waals surface area contributed by atoms with Gasteiger partial charge in [-0.05, 0) is 44.7 Å². The van der Waals surface area contributed by atoms with Crippen LogP contribution < -0.4 is 0 Å². The SMILES string of the molecule is CC(O)CC1CCCCN1C(=O)c1c(F)cccc1F. The van der Waals surface area contributed by atoms with Crippen LogP contribution in [0.5, 0.6) is 0 Å². The van der Waals surface area contributed by atoms with Crippen LogP contribution in [0, 0.1) is 11.6 Å². The van der Waals surface area contributed by atoms with Crippen molar-refractivity contribution in [2.75, 3.05) is 6.54 Å². The Bertz CT molecular complexity index is 471. The number of halogens is 2. The van der Waals surface area contributed by atoms with Gasteiger partial charge in [0.05, 0.1) is 6.10 Å². The predicted octanol–water partition coefficient (Wildman–Crippen LogP) is 2.73. The fourth-order valence-corrected chi connectivity index (χ4v) is 2.75. The minimum Gasteiger partial charge on any atom is -0.393 e. The minimum absolute atomic E-state index is 0.157. The lowest BCUT2D eigenvalue weighted by Gasteiger charge is -2.36.